The highest BCUT2D eigenvalue weighted by atomic mass is 35.5. The number of rotatable bonds is 3. The van der Waals surface area contributed by atoms with Crippen molar-refractivity contribution in [2.45, 2.75) is 37.1 Å². The maximum absolute atomic E-state index is 12.8. The van der Waals surface area contributed by atoms with E-state index in [1.807, 2.05) is 26.0 Å². The van der Waals surface area contributed by atoms with E-state index in [0.29, 0.717) is 26.2 Å². The summed E-state index contributed by atoms with van der Waals surface area (Å²) in [7, 11) is 0. The van der Waals surface area contributed by atoms with Gasteiger partial charge in [0.25, 0.3) is 0 Å². The second-order valence-corrected chi connectivity index (χ2v) is 7.44. The van der Waals surface area contributed by atoms with Crippen molar-refractivity contribution < 1.29 is 13.9 Å². The average Bonchev–Trinajstić information content (AvgIpc) is 2.83. The lowest BCUT2D eigenvalue weighted by atomic mass is 10.0. The first-order valence-corrected chi connectivity index (χ1v) is 8.00. The van der Waals surface area contributed by atoms with Crippen LogP contribution in [0.25, 0.3) is 0 Å². The SMILES string of the molecule is CCc1ccc([C@@H]2COCCN2C(=O)[C@]2(C)CC2(Cl)Cl)o1. The summed E-state index contributed by atoms with van der Waals surface area (Å²) >= 11 is 12.3. The number of alkyl halides is 2. The summed E-state index contributed by atoms with van der Waals surface area (Å²) < 4.78 is 10.4. The molecule has 21 heavy (non-hydrogen) atoms. The molecule has 2 aliphatic rings. The van der Waals surface area contributed by atoms with Crippen LogP contribution in [0.1, 0.15) is 37.8 Å². The molecule has 1 amide bonds. The number of hydrogen-bond donors (Lipinski definition) is 0. The Morgan fingerprint density at radius 1 is 1.48 bits per heavy atom. The maximum atomic E-state index is 12.8. The summed E-state index contributed by atoms with van der Waals surface area (Å²) in [6, 6.07) is 3.66. The van der Waals surface area contributed by atoms with Crippen LogP contribution in [0.2, 0.25) is 0 Å². The van der Waals surface area contributed by atoms with Crippen LogP contribution < -0.4 is 0 Å². The minimum atomic E-state index is -0.954. The molecule has 1 aromatic rings. The molecule has 0 unspecified atom stereocenters. The fraction of sp³-hybridized carbons (Fsp3) is 0.667. The smallest absolute Gasteiger partial charge is 0.232 e. The van der Waals surface area contributed by atoms with E-state index in [2.05, 4.69) is 0 Å². The molecule has 1 aromatic heterocycles. The topological polar surface area (TPSA) is 42.7 Å². The van der Waals surface area contributed by atoms with Crippen LogP contribution in [0.4, 0.5) is 0 Å². The van der Waals surface area contributed by atoms with Gasteiger partial charge in [-0.1, -0.05) is 6.92 Å². The van der Waals surface area contributed by atoms with Gasteiger partial charge in [-0.25, -0.2) is 0 Å². The highest BCUT2D eigenvalue weighted by Gasteiger charge is 2.69. The molecular weight excluding hydrogens is 313 g/mol. The van der Waals surface area contributed by atoms with Crippen molar-refractivity contribution in [1.29, 1.82) is 0 Å². The molecule has 4 nitrogen and oxygen atoms in total. The summed E-state index contributed by atoms with van der Waals surface area (Å²) in [6.45, 7) is 5.35. The van der Waals surface area contributed by atoms with Gasteiger partial charge in [-0.3, -0.25) is 4.79 Å². The predicted molar refractivity (Wildman–Crippen MR) is 80.5 cm³/mol. The van der Waals surface area contributed by atoms with Crippen molar-refractivity contribution in [3.05, 3.63) is 23.7 Å². The number of carbonyl (C=O) groups excluding carboxylic acids is 1. The van der Waals surface area contributed by atoms with Gasteiger partial charge in [0.15, 0.2) is 0 Å². The van der Waals surface area contributed by atoms with Crippen molar-refractivity contribution in [1.82, 2.24) is 4.90 Å². The largest absolute Gasteiger partial charge is 0.464 e. The summed E-state index contributed by atoms with van der Waals surface area (Å²) in [5, 5.41) is 0. The Labute approximate surface area is 134 Å². The van der Waals surface area contributed by atoms with Gasteiger partial charge in [0, 0.05) is 13.0 Å². The molecule has 6 heteroatoms. The highest BCUT2D eigenvalue weighted by molar-refractivity contribution is 6.53. The number of nitrogens with zero attached hydrogens (tertiary/aromatic N) is 1. The van der Waals surface area contributed by atoms with Crippen molar-refractivity contribution in [3.8, 4) is 0 Å². The second kappa shape index (κ2) is 5.18. The Kier molecular flexibility index (Phi) is 3.75. The molecule has 2 atom stereocenters. The number of halogens is 2. The normalized spacial score (nSPS) is 31.2. The monoisotopic (exact) mass is 331 g/mol. The third-order valence-corrected chi connectivity index (χ3v) is 5.58. The van der Waals surface area contributed by atoms with Gasteiger partial charge < -0.3 is 14.1 Å². The number of furan rings is 1. The van der Waals surface area contributed by atoms with Crippen LogP contribution in [0.5, 0.6) is 0 Å². The maximum Gasteiger partial charge on any atom is 0.232 e. The van der Waals surface area contributed by atoms with Gasteiger partial charge in [-0.2, -0.15) is 0 Å². The molecular formula is C15H19Cl2NO3. The molecule has 0 bridgehead atoms. The minimum absolute atomic E-state index is 0.0183. The molecule has 2 heterocycles. The quantitative estimate of drug-likeness (QED) is 0.798. The number of morpholine rings is 1. The summed E-state index contributed by atoms with van der Waals surface area (Å²) in [6.07, 6.45) is 1.32. The molecule has 1 saturated heterocycles. The van der Waals surface area contributed by atoms with Gasteiger partial charge in [0.1, 0.15) is 21.9 Å². The fourth-order valence-electron chi connectivity index (χ4n) is 2.79. The molecule has 1 aliphatic heterocycles. The molecule has 2 fully saturated rings. The van der Waals surface area contributed by atoms with Crippen molar-refractivity contribution in [2.24, 2.45) is 5.41 Å². The predicted octanol–water partition coefficient (Wildman–Crippen LogP) is 3.33. The van der Waals surface area contributed by atoms with Gasteiger partial charge in [-0.15, -0.1) is 23.2 Å². The van der Waals surface area contributed by atoms with Crippen LogP contribution in [-0.4, -0.2) is 34.9 Å². The van der Waals surface area contributed by atoms with Gasteiger partial charge in [0.2, 0.25) is 5.91 Å². The van der Waals surface area contributed by atoms with Crippen LogP contribution >= 0.6 is 23.2 Å². The number of amides is 1. The molecule has 0 spiro atoms. The molecule has 1 saturated carbocycles. The van der Waals surface area contributed by atoms with Crippen LogP contribution in [0, 0.1) is 5.41 Å². The van der Waals surface area contributed by atoms with Crippen LogP contribution in [0.15, 0.2) is 16.5 Å². The Hall–Kier alpha value is -0.710. The van der Waals surface area contributed by atoms with Crippen LogP contribution in [0.3, 0.4) is 0 Å². The molecule has 3 rings (SSSR count). The zero-order chi connectivity index (χ0) is 15.3. The lowest BCUT2D eigenvalue weighted by Crippen LogP contribution is -2.47. The van der Waals surface area contributed by atoms with Crippen molar-refractivity contribution in [2.75, 3.05) is 19.8 Å². The molecule has 116 valence electrons. The second-order valence-electron chi connectivity index (χ2n) is 5.96. The van der Waals surface area contributed by atoms with Gasteiger partial charge in [-0.05, 0) is 25.5 Å². The first-order valence-electron chi connectivity index (χ1n) is 7.24. The minimum Gasteiger partial charge on any atom is -0.464 e. The Morgan fingerprint density at radius 2 is 2.19 bits per heavy atom. The Balaban J connectivity index is 1.83. The Bertz CT molecular complexity index is 557. The lowest BCUT2D eigenvalue weighted by Gasteiger charge is -2.36. The van der Waals surface area contributed by atoms with E-state index in [1.54, 1.807) is 4.90 Å². The van der Waals surface area contributed by atoms with Crippen LogP contribution in [-0.2, 0) is 16.0 Å². The first kappa shape index (κ1) is 15.2. The summed E-state index contributed by atoms with van der Waals surface area (Å²) in [5.41, 5.74) is -0.702. The average molecular weight is 332 g/mol. The third-order valence-electron chi connectivity index (χ3n) is 4.48. The molecule has 0 radical (unpaired) electrons. The molecule has 0 N–H and O–H groups in total. The standard InChI is InChI=1S/C15H19Cl2NO3/c1-3-10-4-5-12(21-10)11-8-20-7-6-18(11)13(19)14(2)9-15(14,16)17/h4-5,11H,3,6-9H2,1-2H3/t11-,14-/m0/s1. The number of aryl methyl sites for hydroxylation is 1. The molecule has 1 aliphatic carbocycles. The number of ether oxygens (including phenoxy) is 1. The third kappa shape index (κ3) is 2.47. The van der Waals surface area contributed by atoms with E-state index in [0.717, 1.165) is 17.9 Å². The fourth-order valence-corrected chi connectivity index (χ4v) is 3.49. The van der Waals surface area contributed by atoms with Gasteiger partial charge >= 0.3 is 0 Å². The molecule has 0 aromatic carbocycles. The lowest BCUT2D eigenvalue weighted by molar-refractivity contribution is -0.146. The number of hydrogen-bond acceptors (Lipinski definition) is 3. The van der Waals surface area contributed by atoms with E-state index in [1.165, 1.54) is 0 Å². The zero-order valence-corrected chi connectivity index (χ0v) is 13.7. The zero-order valence-electron chi connectivity index (χ0n) is 12.2. The van der Waals surface area contributed by atoms with E-state index >= 15 is 0 Å². The van der Waals surface area contributed by atoms with E-state index in [4.69, 9.17) is 32.4 Å². The summed E-state index contributed by atoms with van der Waals surface area (Å²) in [5.74, 6) is 1.65. The van der Waals surface area contributed by atoms with Crippen molar-refractivity contribution >= 4 is 29.1 Å². The van der Waals surface area contributed by atoms with Gasteiger partial charge in [0.05, 0.1) is 18.6 Å². The van der Waals surface area contributed by atoms with E-state index < -0.39 is 9.75 Å². The summed E-state index contributed by atoms with van der Waals surface area (Å²) in [4.78, 5) is 14.6. The Morgan fingerprint density at radius 3 is 2.76 bits per heavy atom. The van der Waals surface area contributed by atoms with Crippen molar-refractivity contribution in [3.63, 3.8) is 0 Å². The number of carbonyl (C=O) groups is 1. The van der Waals surface area contributed by atoms with E-state index in [9.17, 15) is 4.79 Å². The highest BCUT2D eigenvalue weighted by Crippen LogP contribution is 2.64. The van der Waals surface area contributed by atoms with E-state index in [-0.39, 0.29) is 11.9 Å². The first-order chi connectivity index (χ1) is 9.89.